The van der Waals surface area contributed by atoms with Gasteiger partial charge >= 0.3 is 0 Å². The number of piperidine rings is 1. The molecule has 0 radical (unpaired) electrons. The molecular formula is C17H23N3. The lowest BCUT2D eigenvalue weighted by Crippen LogP contribution is -2.39. The summed E-state index contributed by atoms with van der Waals surface area (Å²) in [5.41, 5.74) is 2.39. The summed E-state index contributed by atoms with van der Waals surface area (Å²) in [6, 6.07) is 10.6. The number of nitrogens with one attached hydrogen (secondary N) is 1. The molecule has 0 spiro atoms. The summed E-state index contributed by atoms with van der Waals surface area (Å²) in [6.07, 6.45) is 2.59. The van der Waals surface area contributed by atoms with Crippen LogP contribution in [0.25, 0.3) is 10.9 Å². The van der Waals surface area contributed by atoms with Crippen molar-refractivity contribution in [3.05, 3.63) is 35.9 Å². The van der Waals surface area contributed by atoms with E-state index in [1.165, 1.54) is 29.6 Å². The zero-order valence-corrected chi connectivity index (χ0v) is 12.4. The van der Waals surface area contributed by atoms with Crippen molar-refractivity contribution in [1.29, 1.82) is 0 Å². The molecule has 1 aromatic carbocycles. The molecule has 3 rings (SSSR count). The van der Waals surface area contributed by atoms with Gasteiger partial charge in [-0.3, -0.25) is 0 Å². The Bertz CT molecular complexity index is 592. The normalized spacial score (nSPS) is 19.5. The van der Waals surface area contributed by atoms with Crippen LogP contribution in [-0.2, 0) is 0 Å². The number of anilines is 1. The summed E-state index contributed by atoms with van der Waals surface area (Å²) in [4.78, 5) is 7.36. The van der Waals surface area contributed by atoms with Crippen molar-refractivity contribution in [2.75, 3.05) is 31.6 Å². The highest BCUT2D eigenvalue weighted by molar-refractivity contribution is 5.81. The number of fused-ring (bicyclic) bond motifs is 1. The molecule has 2 aromatic rings. The van der Waals surface area contributed by atoms with E-state index in [-0.39, 0.29) is 0 Å². The van der Waals surface area contributed by atoms with Gasteiger partial charge in [0.05, 0.1) is 5.52 Å². The second kappa shape index (κ2) is 5.80. The molecule has 20 heavy (non-hydrogen) atoms. The number of hydrogen-bond donors (Lipinski definition) is 1. The first-order valence-corrected chi connectivity index (χ1v) is 7.54. The number of aryl methyl sites for hydroxylation is 1. The van der Waals surface area contributed by atoms with E-state index in [1.807, 2.05) is 7.05 Å². The fourth-order valence-corrected chi connectivity index (χ4v) is 3.24. The Kier molecular flexibility index (Phi) is 3.88. The molecule has 1 fully saturated rings. The molecule has 106 valence electrons. The highest BCUT2D eigenvalue weighted by atomic mass is 15.2. The number of hydrogen-bond acceptors (Lipinski definition) is 3. The van der Waals surface area contributed by atoms with Crippen molar-refractivity contribution in [2.45, 2.75) is 19.8 Å². The van der Waals surface area contributed by atoms with E-state index in [4.69, 9.17) is 4.98 Å². The SMILES string of the molecule is CNCC1CCCN(c2nc3ccccc3cc2C)C1. The Morgan fingerprint density at radius 1 is 1.35 bits per heavy atom. The van der Waals surface area contributed by atoms with Gasteiger partial charge in [0.2, 0.25) is 0 Å². The first-order valence-electron chi connectivity index (χ1n) is 7.54. The highest BCUT2D eigenvalue weighted by Crippen LogP contribution is 2.27. The summed E-state index contributed by atoms with van der Waals surface area (Å²) in [6.45, 7) is 5.53. The molecule has 1 N–H and O–H groups in total. The molecule has 0 bridgehead atoms. The van der Waals surface area contributed by atoms with Crippen molar-refractivity contribution < 1.29 is 0 Å². The second-order valence-corrected chi connectivity index (χ2v) is 5.83. The van der Waals surface area contributed by atoms with Crippen LogP contribution in [0.15, 0.2) is 30.3 Å². The molecule has 0 aliphatic carbocycles. The van der Waals surface area contributed by atoms with E-state index in [1.54, 1.807) is 0 Å². The van der Waals surface area contributed by atoms with Crippen molar-refractivity contribution in [2.24, 2.45) is 5.92 Å². The Morgan fingerprint density at radius 3 is 3.05 bits per heavy atom. The lowest BCUT2D eigenvalue weighted by Gasteiger charge is -2.34. The van der Waals surface area contributed by atoms with Crippen LogP contribution >= 0.6 is 0 Å². The molecule has 3 heteroatoms. The summed E-state index contributed by atoms with van der Waals surface area (Å²) in [5, 5.41) is 4.54. The Hall–Kier alpha value is -1.61. The number of nitrogens with zero attached hydrogens (tertiary/aromatic N) is 2. The largest absolute Gasteiger partial charge is 0.356 e. The van der Waals surface area contributed by atoms with Crippen LogP contribution in [0.3, 0.4) is 0 Å². The first kappa shape index (κ1) is 13.4. The number of pyridine rings is 1. The van der Waals surface area contributed by atoms with Crippen molar-refractivity contribution in [3.8, 4) is 0 Å². The lowest BCUT2D eigenvalue weighted by molar-refractivity contribution is 0.401. The van der Waals surface area contributed by atoms with Crippen molar-refractivity contribution in [3.63, 3.8) is 0 Å². The molecule has 0 saturated carbocycles. The topological polar surface area (TPSA) is 28.2 Å². The van der Waals surface area contributed by atoms with Gasteiger partial charge in [-0.15, -0.1) is 0 Å². The van der Waals surface area contributed by atoms with Gasteiger partial charge in [-0.25, -0.2) is 4.98 Å². The fraction of sp³-hybridized carbons (Fsp3) is 0.471. The highest BCUT2D eigenvalue weighted by Gasteiger charge is 2.21. The number of rotatable bonds is 3. The third-order valence-corrected chi connectivity index (χ3v) is 4.20. The van der Waals surface area contributed by atoms with Gasteiger partial charge in [-0.05, 0) is 57.0 Å². The molecule has 1 saturated heterocycles. The maximum absolute atomic E-state index is 4.90. The van der Waals surface area contributed by atoms with Crippen LogP contribution in [0.4, 0.5) is 5.82 Å². The summed E-state index contributed by atoms with van der Waals surface area (Å²) >= 11 is 0. The molecule has 1 aliphatic heterocycles. The molecule has 3 nitrogen and oxygen atoms in total. The van der Waals surface area contributed by atoms with Gasteiger partial charge in [0.25, 0.3) is 0 Å². The zero-order chi connectivity index (χ0) is 13.9. The number of benzene rings is 1. The minimum Gasteiger partial charge on any atom is -0.356 e. The van der Waals surface area contributed by atoms with Gasteiger partial charge in [-0.2, -0.15) is 0 Å². The number of aromatic nitrogens is 1. The summed E-state index contributed by atoms with van der Waals surface area (Å²) in [5.74, 6) is 1.91. The smallest absolute Gasteiger partial charge is 0.132 e. The number of para-hydroxylation sites is 1. The van der Waals surface area contributed by atoms with Crippen LogP contribution in [0.5, 0.6) is 0 Å². The van der Waals surface area contributed by atoms with E-state index in [9.17, 15) is 0 Å². The molecule has 1 aliphatic rings. The van der Waals surface area contributed by atoms with Crippen LogP contribution in [0.2, 0.25) is 0 Å². The van der Waals surface area contributed by atoms with Crippen LogP contribution in [0.1, 0.15) is 18.4 Å². The molecule has 1 unspecified atom stereocenters. The minimum absolute atomic E-state index is 0.737. The van der Waals surface area contributed by atoms with Gasteiger partial charge in [0.15, 0.2) is 0 Å². The molecule has 2 heterocycles. The molecule has 0 amide bonds. The van der Waals surface area contributed by atoms with Crippen LogP contribution in [0, 0.1) is 12.8 Å². The third kappa shape index (κ3) is 2.63. The van der Waals surface area contributed by atoms with Gasteiger partial charge < -0.3 is 10.2 Å². The Balaban J connectivity index is 1.90. The maximum Gasteiger partial charge on any atom is 0.132 e. The predicted molar refractivity (Wildman–Crippen MR) is 85.3 cm³/mol. The van der Waals surface area contributed by atoms with E-state index in [0.29, 0.717) is 0 Å². The summed E-state index contributed by atoms with van der Waals surface area (Å²) in [7, 11) is 2.04. The van der Waals surface area contributed by atoms with Crippen molar-refractivity contribution in [1.82, 2.24) is 10.3 Å². The second-order valence-electron chi connectivity index (χ2n) is 5.83. The minimum atomic E-state index is 0.737. The Morgan fingerprint density at radius 2 is 2.20 bits per heavy atom. The average Bonchev–Trinajstić information content (AvgIpc) is 2.47. The standard InChI is InChI=1S/C17H23N3/c1-13-10-15-7-3-4-8-16(15)19-17(13)20-9-5-6-14(12-20)11-18-2/h3-4,7-8,10,14,18H,5-6,9,11-12H2,1-2H3. The first-order chi connectivity index (χ1) is 9.78. The maximum atomic E-state index is 4.90. The van der Waals surface area contributed by atoms with Crippen LogP contribution < -0.4 is 10.2 Å². The third-order valence-electron chi connectivity index (χ3n) is 4.20. The molecule has 1 atom stereocenters. The van der Waals surface area contributed by atoms with Gasteiger partial charge in [0.1, 0.15) is 5.82 Å². The van der Waals surface area contributed by atoms with Gasteiger partial charge in [-0.1, -0.05) is 18.2 Å². The Labute approximate surface area is 121 Å². The monoisotopic (exact) mass is 269 g/mol. The molecular weight excluding hydrogens is 246 g/mol. The fourth-order valence-electron chi connectivity index (χ4n) is 3.24. The molecule has 1 aromatic heterocycles. The van der Waals surface area contributed by atoms with E-state index in [0.717, 1.165) is 31.1 Å². The van der Waals surface area contributed by atoms with E-state index >= 15 is 0 Å². The van der Waals surface area contributed by atoms with Crippen LogP contribution in [-0.4, -0.2) is 31.7 Å². The average molecular weight is 269 g/mol. The van der Waals surface area contributed by atoms with Crippen molar-refractivity contribution >= 4 is 16.7 Å². The lowest BCUT2D eigenvalue weighted by atomic mass is 9.97. The zero-order valence-electron chi connectivity index (χ0n) is 12.4. The summed E-state index contributed by atoms with van der Waals surface area (Å²) < 4.78 is 0. The predicted octanol–water partition coefficient (Wildman–Crippen LogP) is 2.98. The van der Waals surface area contributed by atoms with Gasteiger partial charge in [0, 0.05) is 18.5 Å². The quantitative estimate of drug-likeness (QED) is 0.928. The van der Waals surface area contributed by atoms with E-state index < -0.39 is 0 Å². The van der Waals surface area contributed by atoms with E-state index in [2.05, 4.69) is 47.5 Å².